The molecule has 0 saturated heterocycles. The Kier molecular flexibility index (Phi) is 7.74. The first kappa shape index (κ1) is 27.9. The van der Waals surface area contributed by atoms with Crippen LogP contribution < -0.4 is 15.0 Å². The molecule has 3 aromatic rings. The Morgan fingerprint density at radius 2 is 1.90 bits per heavy atom. The average Bonchev–Trinajstić information content (AvgIpc) is 3.15. The molecular formula is C29H27ClF3N3O4. The number of carbonyl (C=O) groups is 2. The van der Waals surface area contributed by atoms with Crippen LogP contribution in [0.1, 0.15) is 59.3 Å². The molecule has 1 aromatic heterocycles. The summed E-state index contributed by atoms with van der Waals surface area (Å²) in [6.07, 6.45) is 0.517. The van der Waals surface area contributed by atoms with Gasteiger partial charge in [-0.2, -0.15) is 0 Å². The molecule has 5 rings (SSSR count). The number of anilines is 1. The summed E-state index contributed by atoms with van der Waals surface area (Å²) < 4.78 is 46.8. The van der Waals surface area contributed by atoms with E-state index in [0.29, 0.717) is 37.1 Å². The van der Waals surface area contributed by atoms with Gasteiger partial charge in [-0.1, -0.05) is 29.8 Å². The summed E-state index contributed by atoms with van der Waals surface area (Å²) >= 11 is 5.88. The number of pyridine rings is 1. The lowest BCUT2D eigenvalue weighted by Crippen LogP contribution is -2.45. The molecule has 2 aliphatic rings. The maximum atomic E-state index is 14.8. The van der Waals surface area contributed by atoms with Gasteiger partial charge in [0.1, 0.15) is 17.3 Å². The number of carbonyl (C=O) groups excluding carboxylic acids is 2. The van der Waals surface area contributed by atoms with Crippen molar-refractivity contribution < 1.29 is 32.6 Å². The minimum atomic E-state index is -2.92. The molecule has 2 N–H and O–H groups in total. The monoisotopic (exact) mass is 573 g/mol. The molecule has 2 aromatic carbocycles. The molecule has 2 amide bonds. The fourth-order valence-electron chi connectivity index (χ4n) is 5.60. The van der Waals surface area contributed by atoms with Crippen LogP contribution in [-0.2, 0) is 10.4 Å². The van der Waals surface area contributed by atoms with Crippen LogP contribution >= 0.6 is 11.6 Å². The van der Waals surface area contributed by atoms with Crippen LogP contribution in [0.5, 0.6) is 5.75 Å². The topological polar surface area (TPSA) is 91.8 Å². The lowest BCUT2D eigenvalue weighted by molar-refractivity contribution is -0.132. The van der Waals surface area contributed by atoms with Gasteiger partial charge >= 0.3 is 0 Å². The number of fused-ring (bicyclic) bond motifs is 1. The molecular weight excluding hydrogens is 547 g/mol. The Hall–Kier alpha value is -3.63. The first-order chi connectivity index (χ1) is 19.1. The van der Waals surface area contributed by atoms with Crippen LogP contribution in [0.4, 0.5) is 18.9 Å². The van der Waals surface area contributed by atoms with E-state index < -0.39 is 35.4 Å². The van der Waals surface area contributed by atoms with Gasteiger partial charge in [0.05, 0.1) is 23.4 Å². The number of nitrogens with one attached hydrogen (secondary N) is 1. The maximum absolute atomic E-state index is 14.8. The van der Waals surface area contributed by atoms with Crippen LogP contribution in [0.2, 0.25) is 5.02 Å². The zero-order valence-electron chi connectivity index (χ0n) is 21.5. The molecule has 1 atom stereocenters. The Balaban J connectivity index is 1.31. The molecule has 40 heavy (non-hydrogen) atoms. The summed E-state index contributed by atoms with van der Waals surface area (Å²) in [5.74, 6) is -1.50. The lowest BCUT2D eigenvalue weighted by Gasteiger charge is -2.32. The summed E-state index contributed by atoms with van der Waals surface area (Å²) in [6.45, 7) is 0.268. The Morgan fingerprint density at radius 1 is 1.18 bits per heavy atom. The van der Waals surface area contributed by atoms with Crippen LogP contribution in [0.15, 0.2) is 54.7 Å². The van der Waals surface area contributed by atoms with E-state index in [0.717, 1.165) is 6.20 Å². The number of aromatic nitrogens is 1. The average molecular weight is 574 g/mol. The largest absolute Gasteiger partial charge is 0.497 e. The third kappa shape index (κ3) is 5.01. The van der Waals surface area contributed by atoms with E-state index in [1.807, 2.05) is 0 Å². The van der Waals surface area contributed by atoms with E-state index in [1.54, 1.807) is 24.3 Å². The van der Waals surface area contributed by atoms with Gasteiger partial charge in [0.25, 0.3) is 18.2 Å². The van der Waals surface area contributed by atoms with Crippen LogP contribution in [0, 0.1) is 11.7 Å². The van der Waals surface area contributed by atoms with E-state index in [4.69, 9.17) is 16.3 Å². The summed E-state index contributed by atoms with van der Waals surface area (Å²) in [5, 5.41) is 14.6. The zero-order valence-corrected chi connectivity index (χ0v) is 22.3. The van der Waals surface area contributed by atoms with Crippen molar-refractivity contribution in [3.63, 3.8) is 0 Å². The lowest BCUT2D eigenvalue weighted by atomic mass is 9.85. The second-order valence-corrected chi connectivity index (χ2v) is 10.5. The van der Waals surface area contributed by atoms with Gasteiger partial charge in [0.15, 0.2) is 5.60 Å². The molecule has 1 fully saturated rings. The Morgan fingerprint density at radius 3 is 2.58 bits per heavy atom. The number of aliphatic hydroxyl groups is 1. The molecule has 7 nitrogen and oxygen atoms in total. The van der Waals surface area contributed by atoms with Gasteiger partial charge in [0, 0.05) is 36.0 Å². The number of amides is 2. The fourth-order valence-corrected chi connectivity index (χ4v) is 5.76. The van der Waals surface area contributed by atoms with Crippen LogP contribution in [0.3, 0.4) is 0 Å². The van der Waals surface area contributed by atoms with Gasteiger partial charge in [-0.05, 0) is 55.9 Å². The van der Waals surface area contributed by atoms with Crippen molar-refractivity contribution in [3.8, 4) is 5.75 Å². The van der Waals surface area contributed by atoms with E-state index in [2.05, 4.69) is 10.3 Å². The Labute approximate surface area is 233 Å². The summed E-state index contributed by atoms with van der Waals surface area (Å²) in [5.41, 5.74) is -2.48. The second kappa shape index (κ2) is 11.1. The van der Waals surface area contributed by atoms with E-state index >= 15 is 0 Å². The normalized spacial score (nSPS) is 22.4. The van der Waals surface area contributed by atoms with Crippen molar-refractivity contribution in [1.29, 1.82) is 0 Å². The molecule has 2 heterocycles. The Bertz CT molecular complexity index is 1450. The highest BCUT2D eigenvalue weighted by molar-refractivity contribution is 6.30. The molecule has 0 spiro atoms. The van der Waals surface area contributed by atoms with Gasteiger partial charge < -0.3 is 20.1 Å². The van der Waals surface area contributed by atoms with Crippen LogP contribution in [0.25, 0.3) is 0 Å². The molecule has 0 bridgehead atoms. The number of halogens is 4. The molecule has 1 aliphatic carbocycles. The maximum Gasteiger partial charge on any atom is 0.281 e. The van der Waals surface area contributed by atoms with Gasteiger partial charge in [-0.3, -0.25) is 14.6 Å². The summed E-state index contributed by atoms with van der Waals surface area (Å²) in [7, 11) is 1.49. The first-order valence-corrected chi connectivity index (χ1v) is 13.2. The highest BCUT2D eigenvalue weighted by Gasteiger charge is 2.52. The summed E-state index contributed by atoms with van der Waals surface area (Å²) in [4.78, 5) is 31.6. The van der Waals surface area contributed by atoms with Crippen molar-refractivity contribution in [2.45, 2.75) is 43.8 Å². The van der Waals surface area contributed by atoms with Gasteiger partial charge in [-0.25, -0.2) is 13.2 Å². The predicted octanol–water partition coefficient (Wildman–Crippen LogP) is 5.39. The zero-order chi connectivity index (χ0) is 28.6. The second-order valence-electron chi connectivity index (χ2n) is 10.1. The minimum absolute atomic E-state index is 0.0172. The SMILES string of the molecule is COc1ccc2c(c1)N(C[C@H]1CC[C@H](NC(=O)c3cc(Cl)cnc3C(F)F)CC1)C(=O)C2(O)c1ccccc1F. The number of benzene rings is 2. The number of hydrogen-bond donors (Lipinski definition) is 2. The predicted molar refractivity (Wildman–Crippen MR) is 142 cm³/mol. The van der Waals surface area contributed by atoms with Gasteiger partial charge in [-0.15, -0.1) is 0 Å². The molecule has 11 heteroatoms. The van der Waals surface area contributed by atoms with Crippen molar-refractivity contribution >= 4 is 29.1 Å². The number of methoxy groups -OCH3 is 1. The number of nitrogens with zero attached hydrogens (tertiary/aromatic N) is 2. The number of hydrogen-bond acceptors (Lipinski definition) is 5. The van der Waals surface area contributed by atoms with E-state index in [1.165, 1.54) is 36.3 Å². The minimum Gasteiger partial charge on any atom is -0.497 e. The quantitative estimate of drug-likeness (QED) is 0.395. The smallest absolute Gasteiger partial charge is 0.281 e. The van der Waals surface area contributed by atoms with E-state index in [-0.39, 0.29) is 40.2 Å². The first-order valence-electron chi connectivity index (χ1n) is 12.9. The molecule has 1 aliphatic heterocycles. The van der Waals surface area contributed by atoms with E-state index in [9.17, 15) is 27.9 Å². The number of rotatable bonds is 7. The fraction of sp³-hybridized carbons (Fsp3) is 0.345. The molecule has 210 valence electrons. The molecule has 0 radical (unpaired) electrons. The standard InChI is InChI=1S/C29H27ClF3N3O4/c1-40-19-10-11-22-24(13-19)36(28(38)29(22,39)21-4-2-3-5-23(21)31)15-16-6-8-18(9-7-16)35-27(37)20-12-17(30)14-34-25(20)26(32)33/h2-5,10-14,16,18,26,39H,6-9,15H2,1H3,(H,35,37)/t16-,18-,29?. The molecule has 1 saturated carbocycles. The molecule has 1 unspecified atom stereocenters. The highest BCUT2D eigenvalue weighted by atomic mass is 35.5. The highest BCUT2D eigenvalue weighted by Crippen LogP contribution is 2.47. The van der Waals surface area contributed by atoms with Crippen molar-refractivity contribution in [1.82, 2.24) is 10.3 Å². The van der Waals surface area contributed by atoms with Crippen molar-refractivity contribution in [2.75, 3.05) is 18.6 Å². The van der Waals surface area contributed by atoms with Crippen LogP contribution in [-0.4, -0.2) is 41.6 Å². The van der Waals surface area contributed by atoms with Crippen molar-refractivity contribution in [3.05, 3.63) is 88.0 Å². The third-order valence-corrected chi connectivity index (χ3v) is 7.87. The number of alkyl halides is 2. The van der Waals surface area contributed by atoms with Crippen molar-refractivity contribution in [2.24, 2.45) is 5.92 Å². The number of ether oxygens (including phenoxy) is 1. The summed E-state index contributed by atoms with van der Waals surface area (Å²) in [6, 6.07) is 11.4. The third-order valence-electron chi connectivity index (χ3n) is 7.66. The van der Waals surface area contributed by atoms with Gasteiger partial charge in [0.2, 0.25) is 0 Å².